The van der Waals surface area contributed by atoms with Gasteiger partial charge in [0.15, 0.2) is 0 Å². The predicted molar refractivity (Wildman–Crippen MR) is 76.9 cm³/mol. The predicted octanol–water partition coefficient (Wildman–Crippen LogP) is 3.28. The number of nitrogens with zero attached hydrogens (tertiary/aromatic N) is 2. The van der Waals surface area contributed by atoms with Gasteiger partial charge in [-0.15, -0.1) is 0 Å². The minimum Gasteiger partial charge on any atom is -0.450 e. The zero-order valence-electron chi connectivity index (χ0n) is 11.3. The molecule has 0 aliphatic heterocycles. The van der Waals surface area contributed by atoms with Gasteiger partial charge in [-0.05, 0) is 25.1 Å². The summed E-state index contributed by atoms with van der Waals surface area (Å²) in [6, 6.07) is 12.7. The number of benzene rings is 2. The fraction of sp³-hybridized carbons (Fsp3) is 0.133. The van der Waals surface area contributed by atoms with Crippen LogP contribution in [0, 0.1) is 21.4 Å². The van der Waals surface area contributed by atoms with Gasteiger partial charge in [0.1, 0.15) is 5.75 Å². The van der Waals surface area contributed by atoms with E-state index in [0.29, 0.717) is 5.75 Å². The highest BCUT2D eigenvalue weighted by molar-refractivity contribution is 5.54. The van der Waals surface area contributed by atoms with Crippen molar-refractivity contribution in [3.63, 3.8) is 0 Å². The molecule has 0 aliphatic carbocycles. The third kappa shape index (κ3) is 3.16. The van der Waals surface area contributed by atoms with Gasteiger partial charge in [0, 0.05) is 17.7 Å². The van der Waals surface area contributed by atoms with E-state index in [0.717, 1.165) is 5.56 Å². The first-order valence-electron chi connectivity index (χ1n) is 6.24. The average Bonchev–Trinajstić information content (AvgIpc) is 2.47. The van der Waals surface area contributed by atoms with Crippen LogP contribution in [0.25, 0.3) is 0 Å². The molecule has 1 atom stereocenters. The second-order valence-electron chi connectivity index (χ2n) is 4.48. The number of nitro benzene ring substituents is 1. The molecule has 2 N–H and O–H groups in total. The van der Waals surface area contributed by atoms with E-state index in [9.17, 15) is 10.1 Å². The van der Waals surface area contributed by atoms with Crippen LogP contribution in [0.15, 0.2) is 42.5 Å². The number of nitro groups is 1. The van der Waals surface area contributed by atoms with Crippen molar-refractivity contribution >= 4 is 5.69 Å². The van der Waals surface area contributed by atoms with Gasteiger partial charge in [-0.3, -0.25) is 10.1 Å². The Morgan fingerprint density at radius 2 is 2.00 bits per heavy atom. The van der Waals surface area contributed by atoms with Gasteiger partial charge in [0.05, 0.1) is 16.6 Å². The molecule has 106 valence electrons. The molecule has 6 heteroatoms. The second kappa shape index (κ2) is 6.03. The third-order valence-electron chi connectivity index (χ3n) is 2.91. The van der Waals surface area contributed by atoms with Crippen LogP contribution in [0.2, 0.25) is 0 Å². The molecular formula is C15H13N3O3. The van der Waals surface area contributed by atoms with Crippen LogP contribution in [0.4, 0.5) is 5.69 Å². The lowest BCUT2D eigenvalue weighted by atomic mass is 10.1. The zero-order chi connectivity index (χ0) is 15.4. The fourth-order valence-corrected chi connectivity index (χ4v) is 1.88. The smallest absolute Gasteiger partial charge is 0.312 e. The Balaban J connectivity index is 2.45. The van der Waals surface area contributed by atoms with E-state index < -0.39 is 4.92 Å². The maximum absolute atomic E-state index is 11.1. The molecule has 0 unspecified atom stereocenters. The van der Waals surface area contributed by atoms with E-state index in [1.165, 1.54) is 18.2 Å². The maximum Gasteiger partial charge on any atom is 0.312 e. The van der Waals surface area contributed by atoms with Gasteiger partial charge in [-0.1, -0.05) is 18.2 Å². The van der Waals surface area contributed by atoms with E-state index in [2.05, 4.69) is 0 Å². The van der Waals surface area contributed by atoms with Gasteiger partial charge in [-0.25, -0.2) is 0 Å². The van der Waals surface area contributed by atoms with E-state index in [1.807, 2.05) is 12.1 Å². The van der Waals surface area contributed by atoms with E-state index in [-0.39, 0.29) is 23.0 Å². The summed E-state index contributed by atoms with van der Waals surface area (Å²) in [5, 5.41) is 19.9. The molecule has 6 nitrogen and oxygen atoms in total. The quantitative estimate of drug-likeness (QED) is 0.685. The number of nitrogens with two attached hydrogens (primary N) is 1. The average molecular weight is 283 g/mol. The van der Waals surface area contributed by atoms with E-state index in [4.69, 9.17) is 15.7 Å². The normalized spacial score (nSPS) is 11.5. The molecule has 2 rings (SSSR count). The van der Waals surface area contributed by atoms with Gasteiger partial charge >= 0.3 is 5.69 Å². The molecule has 2 aromatic rings. The van der Waals surface area contributed by atoms with Crippen molar-refractivity contribution < 1.29 is 9.66 Å². The Morgan fingerprint density at radius 1 is 1.29 bits per heavy atom. The topological polar surface area (TPSA) is 102 Å². The Hall–Kier alpha value is -2.91. The van der Waals surface area contributed by atoms with Crippen LogP contribution in [0.1, 0.15) is 24.1 Å². The van der Waals surface area contributed by atoms with Crippen LogP contribution in [0.5, 0.6) is 11.5 Å². The Labute approximate surface area is 121 Å². The van der Waals surface area contributed by atoms with Crippen molar-refractivity contribution in [1.82, 2.24) is 0 Å². The minimum atomic E-state index is -0.579. The summed E-state index contributed by atoms with van der Waals surface area (Å²) in [4.78, 5) is 10.5. The highest BCUT2D eigenvalue weighted by atomic mass is 16.6. The third-order valence-corrected chi connectivity index (χ3v) is 2.91. The van der Waals surface area contributed by atoms with Crippen molar-refractivity contribution in [2.45, 2.75) is 13.0 Å². The molecule has 0 saturated heterocycles. The first-order valence-corrected chi connectivity index (χ1v) is 6.24. The number of hydrogen-bond acceptors (Lipinski definition) is 5. The lowest BCUT2D eigenvalue weighted by molar-refractivity contribution is -0.385. The van der Waals surface area contributed by atoms with Crippen LogP contribution >= 0.6 is 0 Å². The molecule has 0 bridgehead atoms. The summed E-state index contributed by atoms with van der Waals surface area (Å²) in [5.74, 6) is 0.535. The van der Waals surface area contributed by atoms with Crippen LogP contribution in [0.3, 0.4) is 0 Å². The monoisotopic (exact) mass is 283 g/mol. The molecule has 0 aromatic heterocycles. The second-order valence-corrected chi connectivity index (χ2v) is 4.48. The molecular weight excluding hydrogens is 270 g/mol. The maximum atomic E-state index is 11.1. The van der Waals surface area contributed by atoms with Crippen molar-refractivity contribution in [1.29, 1.82) is 5.26 Å². The van der Waals surface area contributed by atoms with Crippen molar-refractivity contribution in [2.24, 2.45) is 5.73 Å². The highest BCUT2D eigenvalue weighted by Crippen LogP contribution is 2.34. The Morgan fingerprint density at radius 3 is 2.62 bits per heavy atom. The summed E-state index contributed by atoms with van der Waals surface area (Å²) < 4.78 is 5.63. The molecule has 2 aromatic carbocycles. The molecule has 0 saturated carbocycles. The standard InChI is InChI=1S/C15H13N3O3/c1-10(17)12-4-2-3-5-14(12)21-15-7-6-11(9-16)8-13(15)18(19)20/h2-8,10H,17H2,1H3/t10-/m1/s1. The number of hydrogen-bond donors (Lipinski definition) is 1. The molecule has 0 spiro atoms. The molecule has 21 heavy (non-hydrogen) atoms. The highest BCUT2D eigenvalue weighted by Gasteiger charge is 2.18. The molecule has 0 aliphatic rings. The SMILES string of the molecule is C[C@@H](N)c1ccccc1Oc1ccc(C#N)cc1[N+](=O)[O-]. The zero-order valence-corrected chi connectivity index (χ0v) is 11.3. The largest absolute Gasteiger partial charge is 0.450 e. The van der Waals surface area contributed by atoms with Gasteiger partial charge in [0.25, 0.3) is 0 Å². The van der Waals surface area contributed by atoms with Gasteiger partial charge < -0.3 is 10.5 Å². The number of ether oxygens (including phenoxy) is 1. The Bertz CT molecular complexity index is 720. The summed E-state index contributed by atoms with van der Waals surface area (Å²) in [5.41, 5.74) is 6.55. The Kier molecular flexibility index (Phi) is 4.16. The van der Waals surface area contributed by atoms with Crippen molar-refractivity contribution in [3.05, 3.63) is 63.7 Å². The summed E-state index contributed by atoms with van der Waals surface area (Å²) in [6.45, 7) is 1.80. The van der Waals surface area contributed by atoms with Gasteiger partial charge in [0.2, 0.25) is 5.75 Å². The van der Waals surface area contributed by atoms with Crippen molar-refractivity contribution in [2.75, 3.05) is 0 Å². The van der Waals surface area contributed by atoms with Crippen molar-refractivity contribution in [3.8, 4) is 17.6 Å². The molecule has 0 heterocycles. The van der Waals surface area contributed by atoms with Gasteiger partial charge in [-0.2, -0.15) is 5.26 Å². The molecule has 0 fully saturated rings. The number of para-hydroxylation sites is 1. The summed E-state index contributed by atoms with van der Waals surface area (Å²) >= 11 is 0. The molecule has 0 radical (unpaired) electrons. The lowest BCUT2D eigenvalue weighted by Gasteiger charge is -2.13. The van der Waals surface area contributed by atoms with Crippen LogP contribution in [-0.2, 0) is 0 Å². The first kappa shape index (κ1) is 14.5. The number of rotatable bonds is 4. The number of nitriles is 1. The summed E-state index contributed by atoms with van der Waals surface area (Å²) in [6.07, 6.45) is 0. The minimum absolute atomic E-state index is 0.0760. The first-order chi connectivity index (χ1) is 10.0. The lowest BCUT2D eigenvalue weighted by Crippen LogP contribution is -2.06. The fourth-order valence-electron chi connectivity index (χ4n) is 1.88. The molecule has 0 amide bonds. The van der Waals surface area contributed by atoms with Crippen LogP contribution in [-0.4, -0.2) is 4.92 Å². The van der Waals surface area contributed by atoms with Crippen LogP contribution < -0.4 is 10.5 Å². The van der Waals surface area contributed by atoms with E-state index >= 15 is 0 Å². The summed E-state index contributed by atoms with van der Waals surface area (Å²) in [7, 11) is 0. The van der Waals surface area contributed by atoms with E-state index in [1.54, 1.807) is 25.1 Å².